The first kappa shape index (κ1) is 12.3. The number of unbranched alkanes of at least 4 members (excludes halogenated alkanes) is 1. The van der Waals surface area contributed by atoms with Gasteiger partial charge in [-0.25, -0.2) is 5.84 Å². The van der Waals surface area contributed by atoms with E-state index in [1.165, 1.54) is 10.8 Å². The fourth-order valence-corrected chi connectivity index (χ4v) is 0.983. The normalized spacial score (nSPS) is 13.1. The van der Waals surface area contributed by atoms with E-state index in [-0.39, 0.29) is 0 Å². The zero-order valence-corrected chi connectivity index (χ0v) is 9.17. The minimum absolute atomic E-state index is 1.07. The van der Waals surface area contributed by atoms with Crippen molar-refractivity contribution in [2.45, 2.75) is 26.7 Å². The molecule has 0 saturated heterocycles. The molecule has 74 valence electrons. The summed E-state index contributed by atoms with van der Waals surface area (Å²) in [5.41, 5.74) is 1.07. The van der Waals surface area contributed by atoms with Gasteiger partial charge in [-0.2, -0.15) is 0 Å². The zero-order chi connectivity index (χ0) is 10.1. The third kappa shape index (κ3) is 9.24. The van der Waals surface area contributed by atoms with Crippen LogP contribution in [0.15, 0.2) is 36.1 Å². The van der Waals surface area contributed by atoms with E-state index in [0.717, 1.165) is 12.0 Å². The SMILES string of the molecule is CCC\C=C/C=C\C(C)=C\N(N)S. The summed E-state index contributed by atoms with van der Waals surface area (Å²) in [6.07, 6.45) is 12.2. The van der Waals surface area contributed by atoms with Crippen LogP contribution in [0.2, 0.25) is 0 Å². The average Bonchev–Trinajstić information content (AvgIpc) is 2.02. The lowest BCUT2D eigenvalue weighted by Crippen LogP contribution is -2.12. The van der Waals surface area contributed by atoms with Gasteiger partial charge in [0.15, 0.2) is 0 Å². The quantitative estimate of drug-likeness (QED) is 0.308. The molecule has 3 heteroatoms. The Labute approximate surface area is 86.3 Å². The Balaban J connectivity index is 3.84. The Kier molecular flexibility index (Phi) is 7.54. The van der Waals surface area contributed by atoms with Crippen molar-refractivity contribution in [3.05, 3.63) is 36.1 Å². The molecule has 0 aliphatic carbocycles. The summed E-state index contributed by atoms with van der Waals surface area (Å²) in [5, 5.41) is 0. The van der Waals surface area contributed by atoms with E-state index in [9.17, 15) is 0 Å². The Hall–Kier alpha value is -0.670. The van der Waals surface area contributed by atoms with Gasteiger partial charge >= 0.3 is 0 Å². The summed E-state index contributed by atoms with van der Waals surface area (Å²) in [6, 6.07) is 0. The lowest BCUT2D eigenvalue weighted by molar-refractivity contribution is 0.676. The molecule has 0 saturated carbocycles. The summed E-state index contributed by atoms with van der Waals surface area (Å²) in [5.74, 6) is 5.31. The number of nitrogens with two attached hydrogens (primary N) is 1. The molecule has 0 heterocycles. The van der Waals surface area contributed by atoms with Crippen molar-refractivity contribution < 1.29 is 0 Å². The highest BCUT2D eigenvalue weighted by molar-refractivity contribution is 7.77. The minimum atomic E-state index is 1.07. The number of nitrogens with zero attached hydrogens (tertiary/aromatic N) is 1. The maximum atomic E-state index is 5.31. The second-order valence-electron chi connectivity index (χ2n) is 2.83. The van der Waals surface area contributed by atoms with Gasteiger partial charge in [0, 0.05) is 6.20 Å². The molecule has 2 nitrogen and oxygen atoms in total. The molecule has 0 aromatic rings. The molecule has 0 amide bonds. The van der Waals surface area contributed by atoms with Gasteiger partial charge in [0.1, 0.15) is 0 Å². The monoisotopic (exact) mass is 198 g/mol. The lowest BCUT2D eigenvalue weighted by atomic mass is 10.2. The highest BCUT2D eigenvalue weighted by Gasteiger charge is 1.82. The Morgan fingerprint density at radius 2 is 2.15 bits per heavy atom. The van der Waals surface area contributed by atoms with Crippen LogP contribution in [-0.4, -0.2) is 4.41 Å². The van der Waals surface area contributed by atoms with E-state index < -0.39 is 0 Å². The molecule has 0 rings (SSSR count). The van der Waals surface area contributed by atoms with Gasteiger partial charge in [-0.1, -0.05) is 50.5 Å². The highest BCUT2D eigenvalue weighted by atomic mass is 32.1. The van der Waals surface area contributed by atoms with Crippen molar-refractivity contribution in [1.29, 1.82) is 0 Å². The maximum absolute atomic E-state index is 5.31. The van der Waals surface area contributed by atoms with Gasteiger partial charge in [-0.05, 0) is 18.9 Å². The van der Waals surface area contributed by atoms with Gasteiger partial charge < -0.3 is 0 Å². The van der Waals surface area contributed by atoms with Crippen molar-refractivity contribution in [1.82, 2.24) is 4.41 Å². The molecule has 0 bridgehead atoms. The van der Waals surface area contributed by atoms with E-state index in [1.54, 1.807) is 6.20 Å². The van der Waals surface area contributed by atoms with E-state index in [2.05, 4.69) is 25.8 Å². The molecule has 13 heavy (non-hydrogen) atoms. The first-order valence-corrected chi connectivity index (χ1v) is 4.81. The van der Waals surface area contributed by atoms with Crippen molar-refractivity contribution in [3.8, 4) is 0 Å². The van der Waals surface area contributed by atoms with Gasteiger partial charge in [0.25, 0.3) is 0 Å². The number of hydrogen-bond donors (Lipinski definition) is 2. The molecular formula is C10H18N2S. The van der Waals surface area contributed by atoms with E-state index in [0.29, 0.717) is 0 Å². The molecule has 2 N–H and O–H groups in total. The fraction of sp³-hybridized carbons (Fsp3) is 0.400. The second kappa shape index (κ2) is 7.95. The first-order chi connectivity index (χ1) is 6.16. The number of hydrogen-bond acceptors (Lipinski definition) is 3. The van der Waals surface area contributed by atoms with Crippen LogP contribution in [0, 0.1) is 0 Å². The zero-order valence-electron chi connectivity index (χ0n) is 8.27. The Morgan fingerprint density at radius 1 is 1.46 bits per heavy atom. The summed E-state index contributed by atoms with van der Waals surface area (Å²) >= 11 is 3.90. The topological polar surface area (TPSA) is 29.3 Å². The predicted octanol–water partition coefficient (Wildman–Crippen LogP) is 2.82. The second-order valence-corrected chi connectivity index (χ2v) is 3.29. The molecule has 0 unspecified atom stereocenters. The fourth-order valence-electron chi connectivity index (χ4n) is 0.800. The molecule has 0 atom stereocenters. The number of allylic oxidation sites excluding steroid dienone is 5. The van der Waals surface area contributed by atoms with Crippen molar-refractivity contribution >= 4 is 12.8 Å². The lowest BCUT2D eigenvalue weighted by Gasteiger charge is -2.02. The molecule has 0 aromatic heterocycles. The van der Waals surface area contributed by atoms with Crippen LogP contribution in [0.3, 0.4) is 0 Å². The van der Waals surface area contributed by atoms with Crippen molar-refractivity contribution in [2.24, 2.45) is 5.84 Å². The van der Waals surface area contributed by atoms with Crippen LogP contribution in [0.4, 0.5) is 0 Å². The number of thiol groups is 1. The summed E-state index contributed by atoms with van der Waals surface area (Å²) < 4.78 is 1.25. The van der Waals surface area contributed by atoms with Crippen LogP contribution in [0.25, 0.3) is 0 Å². The third-order valence-electron chi connectivity index (χ3n) is 1.40. The summed E-state index contributed by atoms with van der Waals surface area (Å²) in [4.78, 5) is 0. The van der Waals surface area contributed by atoms with Gasteiger partial charge in [0.05, 0.1) is 0 Å². The van der Waals surface area contributed by atoms with E-state index in [1.807, 2.05) is 25.2 Å². The molecular weight excluding hydrogens is 180 g/mol. The van der Waals surface area contributed by atoms with E-state index >= 15 is 0 Å². The summed E-state index contributed by atoms with van der Waals surface area (Å²) in [7, 11) is 0. The average molecular weight is 198 g/mol. The van der Waals surface area contributed by atoms with Crippen LogP contribution in [0.1, 0.15) is 26.7 Å². The number of hydrazine groups is 1. The standard InChI is InChI=1S/C10H18N2S/c1-3-4-5-6-7-8-10(2)9-12(11)13/h5-9,13H,3-4,11H2,1-2H3/b6-5-,8-7-,10-9+. The smallest absolute Gasteiger partial charge is 0.0309 e. The van der Waals surface area contributed by atoms with Gasteiger partial charge in [0.2, 0.25) is 0 Å². The van der Waals surface area contributed by atoms with Gasteiger partial charge in [-0.15, -0.1) is 0 Å². The largest absolute Gasteiger partial charge is 0.263 e. The minimum Gasteiger partial charge on any atom is -0.263 e. The molecule has 0 spiro atoms. The molecule has 0 radical (unpaired) electrons. The summed E-state index contributed by atoms with van der Waals surface area (Å²) in [6.45, 7) is 4.13. The van der Waals surface area contributed by atoms with Gasteiger partial charge in [-0.3, -0.25) is 4.41 Å². The molecule has 0 fully saturated rings. The van der Waals surface area contributed by atoms with Crippen LogP contribution >= 0.6 is 12.8 Å². The van der Waals surface area contributed by atoms with Crippen LogP contribution in [-0.2, 0) is 0 Å². The predicted molar refractivity (Wildman–Crippen MR) is 62.0 cm³/mol. The highest BCUT2D eigenvalue weighted by Crippen LogP contribution is 1.98. The molecule has 0 aromatic carbocycles. The number of rotatable bonds is 5. The maximum Gasteiger partial charge on any atom is 0.0309 e. The Morgan fingerprint density at radius 3 is 2.69 bits per heavy atom. The molecule has 0 aliphatic heterocycles. The van der Waals surface area contributed by atoms with Crippen molar-refractivity contribution in [2.75, 3.05) is 0 Å². The van der Waals surface area contributed by atoms with E-state index in [4.69, 9.17) is 5.84 Å². The van der Waals surface area contributed by atoms with Crippen LogP contribution in [0.5, 0.6) is 0 Å². The first-order valence-electron chi connectivity index (χ1n) is 4.41. The molecule has 0 aliphatic rings. The van der Waals surface area contributed by atoms with Crippen LogP contribution < -0.4 is 5.84 Å². The van der Waals surface area contributed by atoms with Crippen molar-refractivity contribution in [3.63, 3.8) is 0 Å². The Bertz CT molecular complexity index is 205. The third-order valence-corrected chi connectivity index (χ3v) is 1.51.